The predicted octanol–water partition coefficient (Wildman–Crippen LogP) is 3.79. The molecule has 6 nitrogen and oxygen atoms in total. The molecule has 0 amide bonds. The average Bonchev–Trinajstić information content (AvgIpc) is 2.71. The van der Waals surface area contributed by atoms with E-state index < -0.39 is 0 Å². The Morgan fingerprint density at radius 3 is 2.15 bits per heavy atom. The fourth-order valence-electron chi connectivity index (χ4n) is 3.25. The molecule has 0 aliphatic heterocycles. The van der Waals surface area contributed by atoms with Crippen LogP contribution in [0.4, 0.5) is 0 Å². The van der Waals surface area contributed by atoms with Crippen LogP contribution in [0.2, 0.25) is 0 Å². The van der Waals surface area contributed by atoms with Gasteiger partial charge in [0.05, 0.1) is 45.0 Å². The van der Waals surface area contributed by atoms with Crippen molar-refractivity contribution in [3.8, 4) is 34.3 Å². The van der Waals surface area contributed by atoms with Gasteiger partial charge in [-0.25, -0.2) is 0 Å². The fraction of sp³-hybridized carbons (Fsp3) is 0.286. The minimum Gasteiger partial charge on any atom is -0.497 e. The van der Waals surface area contributed by atoms with Crippen molar-refractivity contribution in [3.05, 3.63) is 46.1 Å². The van der Waals surface area contributed by atoms with Crippen LogP contribution in [0.5, 0.6) is 23.0 Å². The van der Waals surface area contributed by atoms with Crippen LogP contribution in [-0.4, -0.2) is 33.4 Å². The maximum absolute atomic E-state index is 13.2. The molecular formula is C21H23NO5. The van der Waals surface area contributed by atoms with Gasteiger partial charge in [0.15, 0.2) is 16.9 Å². The molecule has 3 rings (SSSR count). The van der Waals surface area contributed by atoms with Crippen LogP contribution in [-0.2, 0) is 6.42 Å². The Morgan fingerprint density at radius 2 is 1.56 bits per heavy atom. The first-order valence-corrected chi connectivity index (χ1v) is 8.61. The molecule has 2 aromatic carbocycles. The summed E-state index contributed by atoms with van der Waals surface area (Å²) in [5.74, 6) is 2.32. The third kappa shape index (κ3) is 3.18. The maximum Gasteiger partial charge on any atom is 0.196 e. The summed E-state index contributed by atoms with van der Waals surface area (Å²) in [6.45, 7) is 1.96. The molecule has 1 aromatic heterocycles. The van der Waals surface area contributed by atoms with Gasteiger partial charge in [-0.05, 0) is 24.6 Å². The topological polar surface area (TPSA) is 69.8 Å². The van der Waals surface area contributed by atoms with E-state index in [9.17, 15) is 4.79 Å². The summed E-state index contributed by atoms with van der Waals surface area (Å²) in [6, 6.07) is 9.08. The zero-order valence-corrected chi connectivity index (χ0v) is 16.1. The minimum absolute atomic E-state index is 0.0597. The second-order valence-corrected chi connectivity index (χ2v) is 5.98. The van der Waals surface area contributed by atoms with Crippen LogP contribution in [0.3, 0.4) is 0 Å². The standard InChI is InChI=1S/C21H23NO5/c1-6-14-20(12-7-8-16(25-3)17(9-12)26-4)22-15-10-13(24-2)11-18(27-5)19(15)21(14)23/h7-11H,6H2,1-5H3,(H,22,23). The van der Waals surface area contributed by atoms with Crippen molar-refractivity contribution in [1.82, 2.24) is 4.98 Å². The second kappa shape index (κ2) is 7.61. The monoisotopic (exact) mass is 369 g/mol. The first-order chi connectivity index (χ1) is 13.1. The molecule has 1 N–H and O–H groups in total. The minimum atomic E-state index is -0.0597. The molecule has 0 fully saturated rings. The molecule has 0 aliphatic rings. The highest BCUT2D eigenvalue weighted by molar-refractivity contribution is 5.90. The van der Waals surface area contributed by atoms with Crippen molar-refractivity contribution in [3.63, 3.8) is 0 Å². The van der Waals surface area contributed by atoms with Crippen molar-refractivity contribution >= 4 is 10.9 Å². The van der Waals surface area contributed by atoms with Gasteiger partial charge in [0.2, 0.25) is 0 Å². The summed E-state index contributed by atoms with van der Waals surface area (Å²) < 4.78 is 21.5. The Balaban J connectivity index is 2.35. The zero-order valence-electron chi connectivity index (χ0n) is 16.1. The highest BCUT2D eigenvalue weighted by atomic mass is 16.5. The van der Waals surface area contributed by atoms with E-state index in [4.69, 9.17) is 18.9 Å². The number of pyridine rings is 1. The zero-order chi connectivity index (χ0) is 19.6. The Kier molecular flexibility index (Phi) is 5.26. The van der Waals surface area contributed by atoms with Crippen LogP contribution >= 0.6 is 0 Å². The molecule has 27 heavy (non-hydrogen) atoms. The van der Waals surface area contributed by atoms with Crippen LogP contribution in [0.1, 0.15) is 12.5 Å². The molecule has 3 aromatic rings. The number of aromatic nitrogens is 1. The van der Waals surface area contributed by atoms with E-state index in [-0.39, 0.29) is 5.43 Å². The second-order valence-electron chi connectivity index (χ2n) is 5.98. The molecule has 0 saturated heterocycles. The smallest absolute Gasteiger partial charge is 0.196 e. The first kappa shape index (κ1) is 18.6. The van der Waals surface area contributed by atoms with Crippen LogP contribution in [0.15, 0.2) is 35.1 Å². The van der Waals surface area contributed by atoms with Crippen molar-refractivity contribution in [1.29, 1.82) is 0 Å². The van der Waals surface area contributed by atoms with Gasteiger partial charge < -0.3 is 23.9 Å². The number of hydrogen-bond donors (Lipinski definition) is 1. The third-order valence-electron chi connectivity index (χ3n) is 4.62. The number of fused-ring (bicyclic) bond motifs is 1. The molecule has 142 valence electrons. The average molecular weight is 369 g/mol. The lowest BCUT2D eigenvalue weighted by atomic mass is 10.00. The molecule has 0 bridgehead atoms. The lowest BCUT2D eigenvalue weighted by molar-refractivity contribution is 0.355. The van der Waals surface area contributed by atoms with Crippen LogP contribution in [0.25, 0.3) is 22.2 Å². The summed E-state index contributed by atoms with van der Waals surface area (Å²) in [5.41, 5.74) is 2.85. The van der Waals surface area contributed by atoms with Crippen molar-refractivity contribution in [2.45, 2.75) is 13.3 Å². The Morgan fingerprint density at radius 1 is 0.852 bits per heavy atom. The number of ether oxygens (including phenoxy) is 4. The number of rotatable bonds is 6. The van der Waals surface area contributed by atoms with Crippen LogP contribution in [0, 0.1) is 0 Å². The summed E-state index contributed by atoms with van der Waals surface area (Å²) in [5, 5.41) is 0.513. The van der Waals surface area contributed by atoms with Crippen molar-refractivity contribution < 1.29 is 18.9 Å². The van der Waals surface area contributed by atoms with Gasteiger partial charge in [-0.2, -0.15) is 0 Å². The van der Waals surface area contributed by atoms with Gasteiger partial charge >= 0.3 is 0 Å². The van der Waals surface area contributed by atoms with Gasteiger partial charge in [-0.1, -0.05) is 6.92 Å². The molecule has 0 unspecified atom stereocenters. The van der Waals surface area contributed by atoms with E-state index in [0.29, 0.717) is 45.9 Å². The van der Waals surface area contributed by atoms with Crippen LogP contribution < -0.4 is 24.4 Å². The molecule has 0 atom stereocenters. The highest BCUT2D eigenvalue weighted by Gasteiger charge is 2.18. The van der Waals surface area contributed by atoms with Gasteiger partial charge in [-0.3, -0.25) is 4.79 Å². The van der Waals surface area contributed by atoms with E-state index in [0.717, 1.165) is 11.3 Å². The third-order valence-corrected chi connectivity index (χ3v) is 4.62. The Hall–Kier alpha value is -3.15. The summed E-state index contributed by atoms with van der Waals surface area (Å²) in [4.78, 5) is 16.6. The maximum atomic E-state index is 13.2. The number of aromatic amines is 1. The Bertz CT molecular complexity index is 1040. The fourth-order valence-corrected chi connectivity index (χ4v) is 3.25. The molecule has 0 spiro atoms. The van der Waals surface area contributed by atoms with Gasteiger partial charge in [0.1, 0.15) is 11.5 Å². The quantitative estimate of drug-likeness (QED) is 0.716. The van der Waals surface area contributed by atoms with Crippen molar-refractivity contribution in [2.75, 3.05) is 28.4 Å². The molecule has 0 aliphatic carbocycles. The summed E-state index contributed by atoms with van der Waals surface area (Å²) in [7, 11) is 6.29. The van der Waals surface area contributed by atoms with Gasteiger partial charge in [0.25, 0.3) is 0 Å². The molecule has 0 radical (unpaired) electrons. The molecule has 1 heterocycles. The summed E-state index contributed by atoms with van der Waals surface area (Å²) in [6.07, 6.45) is 0.574. The lowest BCUT2D eigenvalue weighted by Crippen LogP contribution is -2.13. The van der Waals surface area contributed by atoms with E-state index >= 15 is 0 Å². The predicted molar refractivity (Wildman–Crippen MR) is 106 cm³/mol. The number of nitrogens with one attached hydrogen (secondary N) is 1. The number of H-pyrrole nitrogens is 1. The van der Waals surface area contributed by atoms with E-state index in [1.165, 1.54) is 0 Å². The number of hydrogen-bond acceptors (Lipinski definition) is 5. The largest absolute Gasteiger partial charge is 0.497 e. The number of benzene rings is 2. The Labute approximate surface area is 157 Å². The molecule has 6 heteroatoms. The van der Waals surface area contributed by atoms with E-state index in [1.807, 2.05) is 25.1 Å². The number of methoxy groups -OCH3 is 4. The van der Waals surface area contributed by atoms with Crippen molar-refractivity contribution in [2.24, 2.45) is 0 Å². The molecule has 0 saturated carbocycles. The summed E-state index contributed by atoms with van der Waals surface area (Å²) >= 11 is 0. The highest BCUT2D eigenvalue weighted by Crippen LogP contribution is 2.35. The van der Waals surface area contributed by atoms with E-state index in [1.54, 1.807) is 40.6 Å². The SMILES string of the molecule is CCc1c(-c2ccc(OC)c(OC)c2)[nH]c2cc(OC)cc(OC)c2c1=O. The van der Waals surface area contributed by atoms with Gasteiger partial charge in [-0.15, -0.1) is 0 Å². The van der Waals surface area contributed by atoms with Gasteiger partial charge in [0, 0.05) is 23.3 Å². The molecular weight excluding hydrogens is 346 g/mol. The lowest BCUT2D eigenvalue weighted by Gasteiger charge is -2.15. The van der Waals surface area contributed by atoms with E-state index in [2.05, 4.69) is 4.98 Å². The normalized spacial score (nSPS) is 10.7. The first-order valence-electron chi connectivity index (χ1n) is 8.61.